The van der Waals surface area contributed by atoms with Gasteiger partial charge in [-0.3, -0.25) is 0 Å². The molecule has 0 heterocycles. The van der Waals surface area contributed by atoms with Crippen molar-refractivity contribution in [2.75, 3.05) is 0 Å². The predicted molar refractivity (Wildman–Crippen MR) is 60.0 cm³/mol. The third-order valence-corrected chi connectivity index (χ3v) is 3.37. The minimum Gasteiger partial charge on any atom is -0.242 e. The second-order valence-corrected chi connectivity index (χ2v) is 4.65. The SMILES string of the molecule is CCC(C)CC1=C(C)[C@@H](F)C(C)C(F)=C1. The Hall–Kier alpha value is -0.660. The highest BCUT2D eigenvalue weighted by molar-refractivity contribution is 5.35. The number of alkyl halides is 1. The van der Waals surface area contributed by atoms with Crippen molar-refractivity contribution in [3.63, 3.8) is 0 Å². The van der Waals surface area contributed by atoms with Crippen molar-refractivity contribution in [3.8, 4) is 0 Å². The van der Waals surface area contributed by atoms with Crippen LogP contribution >= 0.6 is 0 Å². The van der Waals surface area contributed by atoms with Gasteiger partial charge >= 0.3 is 0 Å². The zero-order chi connectivity index (χ0) is 11.6. The molecule has 1 rings (SSSR count). The van der Waals surface area contributed by atoms with Crippen LogP contribution in [0.4, 0.5) is 8.78 Å². The van der Waals surface area contributed by atoms with E-state index < -0.39 is 12.1 Å². The Kier molecular flexibility index (Phi) is 4.06. The molecule has 0 aliphatic heterocycles. The Morgan fingerprint density at radius 3 is 2.60 bits per heavy atom. The number of hydrogen-bond donors (Lipinski definition) is 0. The fourth-order valence-electron chi connectivity index (χ4n) is 1.84. The van der Waals surface area contributed by atoms with E-state index in [2.05, 4.69) is 13.8 Å². The number of hydrogen-bond acceptors (Lipinski definition) is 0. The van der Waals surface area contributed by atoms with Crippen molar-refractivity contribution in [2.24, 2.45) is 11.8 Å². The monoisotopic (exact) mass is 214 g/mol. The quantitative estimate of drug-likeness (QED) is 0.645. The van der Waals surface area contributed by atoms with Crippen molar-refractivity contribution >= 4 is 0 Å². The van der Waals surface area contributed by atoms with E-state index in [4.69, 9.17) is 0 Å². The highest BCUT2D eigenvalue weighted by atomic mass is 19.1. The topological polar surface area (TPSA) is 0 Å². The van der Waals surface area contributed by atoms with Crippen LogP contribution in [-0.4, -0.2) is 6.17 Å². The van der Waals surface area contributed by atoms with Crippen molar-refractivity contribution in [2.45, 2.75) is 46.7 Å². The molecule has 0 saturated heterocycles. The second-order valence-electron chi connectivity index (χ2n) is 4.65. The summed E-state index contributed by atoms with van der Waals surface area (Å²) in [4.78, 5) is 0. The molecule has 0 aromatic rings. The molecule has 0 aromatic heterocycles. The van der Waals surface area contributed by atoms with Gasteiger partial charge in [0.05, 0.1) is 0 Å². The molecule has 0 nitrogen and oxygen atoms in total. The maximum atomic E-state index is 13.7. The average molecular weight is 214 g/mol. The Morgan fingerprint density at radius 2 is 2.07 bits per heavy atom. The summed E-state index contributed by atoms with van der Waals surface area (Å²) in [5.41, 5.74) is 1.57. The highest BCUT2D eigenvalue weighted by Crippen LogP contribution is 2.34. The van der Waals surface area contributed by atoms with Gasteiger partial charge in [-0.05, 0) is 36.5 Å². The van der Waals surface area contributed by atoms with Crippen LogP contribution in [0.15, 0.2) is 23.0 Å². The molecule has 3 atom stereocenters. The molecule has 1 aliphatic rings. The van der Waals surface area contributed by atoms with Gasteiger partial charge in [-0.25, -0.2) is 8.78 Å². The first-order chi connectivity index (χ1) is 6.97. The van der Waals surface area contributed by atoms with E-state index in [1.54, 1.807) is 13.8 Å². The summed E-state index contributed by atoms with van der Waals surface area (Å²) in [7, 11) is 0. The third-order valence-electron chi connectivity index (χ3n) is 3.37. The van der Waals surface area contributed by atoms with Gasteiger partial charge < -0.3 is 0 Å². The molecule has 2 unspecified atom stereocenters. The van der Waals surface area contributed by atoms with E-state index >= 15 is 0 Å². The van der Waals surface area contributed by atoms with Crippen LogP contribution in [0.5, 0.6) is 0 Å². The fraction of sp³-hybridized carbons (Fsp3) is 0.692. The molecule has 0 radical (unpaired) electrons. The van der Waals surface area contributed by atoms with Gasteiger partial charge in [0.2, 0.25) is 0 Å². The first kappa shape index (κ1) is 12.4. The molecule has 0 saturated carbocycles. The molecule has 1 aliphatic carbocycles. The van der Waals surface area contributed by atoms with Crippen LogP contribution in [0, 0.1) is 11.8 Å². The zero-order valence-electron chi connectivity index (χ0n) is 9.98. The maximum absolute atomic E-state index is 13.7. The van der Waals surface area contributed by atoms with Crippen LogP contribution in [0.25, 0.3) is 0 Å². The molecule has 2 heteroatoms. The molecular weight excluding hydrogens is 194 g/mol. The first-order valence-electron chi connectivity index (χ1n) is 5.68. The van der Waals surface area contributed by atoms with Gasteiger partial charge in [0.15, 0.2) is 0 Å². The lowest BCUT2D eigenvalue weighted by molar-refractivity contribution is 0.273. The van der Waals surface area contributed by atoms with Gasteiger partial charge in [-0.1, -0.05) is 27.2 Å². The standard InChI is InChI=1S/C13H20F2/c1-5-8(2)6-11-7-12(14)10(4)13(15)9(11)3/h7-8,10,13H,5-6H2,1-4H3/t8?,10?,13-/m1/s1. The lowest BCUT2D eigenvalue weighted by Gasteiger charge is -2.24. The van der Waals surface area contributed by atoms with Crippen LogP contribution in [0.3, 0.4) is 0 Å². The lowest BCUT2D eigenvalue weighted by Crippen LogP contribution is -2.20. The smallest absolute Gasteiger partial charge is 0.130 e. The summed E-state index contributed by atoms with van der Waals surface area (Å²) < 4.78 is 27.1. The minimum absolute atomic E-state index is 0.314. The van der Waals surface area contributed by atoms with Gasteiger partial charge in [-0.2, -0.15) is 0 Å². The van der Waals surface area contributed by atoms with Gasteiger partial charge in [0.1, 0.15) is 12.0 Å². The van der Waals surface area contributed by atoms with Gasteiger partial charge in [0, 0.05) is 5.92 Å². The highest BCUT2D eigenvalue weighted by Gasteiger charge is 2.28. The molecule has 0 fully saturated rings. The summed E-state index contributed by atoms with van der Waals surface area (Å²) in [6, 6.07) is 0. The largest absolute Gasteiger partial charge is 0.242 e. The Bertz CT molecular complexity index is 289. The van der Waals surface area contributed by atoms with E-state index in [0.717, 1.165) is 18.4 Å². The third kappa shape index (κ3) is 2.67. The van der Waals surface area contributed by atoms with Crippen molar-refractivity contribution in [3.05, 3.63) is 23.0 Å². The number of rotatable bonds is 3. The van der Waals surface area contributed by atoms with Crippen LogP contribution in [-0.2, 0) is 0 Å². The van der Waals surface area contributed by atoms with Gasteiger partial charge in [-0.15, -0.1) is 0 Å². The summed E-state index contributed by atoms with van der Waals surface area (Å²) in [5.74, 6) is -0.434. The van der Waals surface area contributed by atoms with E-state index in [-0.39, 0.29) is 5.83 Å². The summed E-state index contributed by atoms with van der Waals surface area (Å²) >= 11 is 0. The van der Waals surface area contributed by atoms with Crippen molar-refractivity contribution in [1.82, 2.24) is 0 Å². The molecule has 15 heavy (non-hydrogen) atoms. The summed E-state index contributed by atoms with van der Waals surface area (Å²) in [6.45, 7) is 7.58. The number of allylic oxidation sites excluding steroid dienone is 4. The second kappa shape index (κ2) is 4.91. The Morgan fingerprint density at radius 1 is 1.47 bits per heavy atom. The minimum atomic E-state index is -1.14. The Balaban J connectivity index is 2.87. The first-order valence-corrected chi connectivity index (χ1v) is 5.68. The average Bonchev–Trinajstić information content (AvgIpc) is 2.22. The molecular formula is C13H20F2. The predicted octanol–water partition coefficient (Wildman–Crippen LogP) is 4.58. The van der Waals surface area contributed by atoms with E-state index in [1.165, 1.54) is 6.08 Å². The van der Waals surface area contributed by atoms with E-state index in [1.807, 2.05) is 0 Å². The molecule has 0 amide bonds. The summed E-state index contributed by atoms with van der Waals surface area (Å²) in [6.07, 6.45) is 2.21. The van der Waals surface area contributed by atoms with Crippen LogP contribution < -0.4 is 0 Å². The van der Waals surface area contributed by atoms with Crippen molar-refractivity contribution in [1.29, 1.82) is 0 Å². The van der Waals surface area contributed by atoms with Gasteiger partial charge in [0.25, 0.3) is 0 Å². The van der Waals surface area contributed by atoms with Crippen LogP contribution in [0.1, 0.15) is 40.5 Å². The Labute approximate surface area is 91.1 Å². The molecule has 86 valence electrons. The molecule has 0 bridgehead atoms. The lowest BCUT2D eigenvalue weighted by atomic mass is 9.85. The maximum Gasteiger partial charge on any atom is 0.130 e. The fourth-order valence-corrected chi connectivity index (χ4v) is 1.84. The normalized spacial score (nSPS) is 29.1. The van der Waals surface area contributed by atoms with E-state index in [0.29, 0.717) is 11.5 Å². The summed E-state index contributed by atoms with van der Waals surface area (Å²) in [5, 5.41) is 0. The van der Waals surface area contributed by atoms with E-state index in [9.17, 15) is 8.78 Å². The van der Waals surface area contributed by atoms with Crippen molar-refractivity contribution < 1.29 is 8.78 Å². The molecule has 0 N–H and O–H groups in total. The molecule has 0 spiro atoms. The number of halogens is 2. The van der Waals surface area contributed by atoms with Crippen LogP contribution in [0.2, 0.25) is 0 Å². The molecule has 0 aromatic carbocycles. The zero-order valence-corrected chi connectivity index (χ0v) is 9.98.